The average molecular weight is 296 g/mol. The number of nitrogens with one attached hydrogen (secondary N) is 1. The molecule has 1 aliphatic carbocycles. The Morgan fingerprint density at radius 2 is 1.71 bits per heavy atom. The number of imide groups is 1. The fourth-order valence-electron chi connectivity index (χ4n) is 3.63. The molecule has 2 N–H and O–H groups in total. The number of urea groups is 1. The number of ether oxygens (including phenoxy) is 1. The highest BCUT2D eigenvalue weighted by Crippen LogP contribution is 2.35. The van der Waals surface area contributed by atoms with Gasteiger partial charge in [0.15, 0.2) is 0 Å². The number of aliphatic hydroxyl groups is 1. The van der Waals surface area contributed by atoms with Gasteiger partial charge in [0.25, 0.3) is 5.91 Å². The monoisotopic (exact) mass is 296 g/mol. The van der Waals surface area contributed by atoms with Gasteiger partial charge in [-0.15, -0.1) is 0 Å². The maximum absolute atomic E-state index is 12.8. The predicted octanol–water partition coefficient (Wildman–Crippen LogP) is 1.03. The lowest BCUT2D eigenvalue weighted by Gasteiger charge is -2.41. The number of carbonyl (C=O) groups is 2. The Kier molecular flexibility index (Phi) is 3.92. The standard InChI is InChI=1S/C15H24N2O4/c18-9-14(10-21-11-14)8-17-12(19)15(16-13(17)20)6-4-2-1-3-5-7-15/h18H,1-11H2,(H,16,20). The van der Waals surface area contributed by atoms with Gasteiger partial charge in [0.1, 0.15) is 5.54 Å². The van der Waals surface area contributed by atoms with Gasteiger partial charge in [-0.1, -0.05) is 32.1 Å². The highest BCUT2D eigenvalue weighted by molar-refractivity contribution is 6.07. The summed E-state index contributed by atoms with van der Waals surface area (Å²) in [6.45, 7) is 1.02. The largest absolute Gasteiger partial charge is 0.396 e. The first kappa shape index (κ1) is 14.8. The maximum Gasteiger partial charge on any atom is 0.325 e. The topological polar surface area (TPSA) is 78.9 Å². The second-order valence-corrected chi connectivity index (χ2v) is 6.82. The molecule has 118 valence electrons. The number of carbonyl (C=O) groups excluding carboxylic acids is 2. The zero-order chi connectivity index (χ0) is 14.9. The first-order valence-corrected chi connectivity index (χ1v) is 7.94. The quantitative estimate of drug-likeness (QED) is 0.762. The Balaban J connectivity index is 1.74. The maximum atomic E-state index is 12.8. The highest BCUT2D eigenvalue weighted by Gasteiger charge is 2.53. The normalized spacial score (nSPS) is 28.0. The van der Waals surface area contributed by atoms with E-state index in [0.29, 0.717) is 13.2 Å². The molecule has 21 heavy (non-hydrogen) atoms. The fourth-order valence-corrected chi connectivity index (χ4v) is 3.63. The van der Waals surface area contributed by atoms with Crippen LogP contribution in [0.25, 0.3) is 0 Å². The van der Waals surface area contributed by atoms with Crippen molar-refractivity contribution in [3.05, 3.63) is 0 Å². The fraction of sp³-hybridized carbons (Fsp3) is 0.867. The molecule has 0 atom stereocenters. The van der Waals surface area contributed by atoms with Crippen molar-refractivity contribution >= 4 is 11.9 Å². The van der Waals surface area contributed by atoms with Crippen molar-refractivity contribution in [2.24, 2.45) is 5.41 Å². The Bertz CT molecular complexity index is 420. The van der Waals surface area contributed by atoms with Gasteiger partial charge in [0.2, 0.25) is 0 Å². The number of amides is 3. The van der Waals surface area contributed by atoms with Crippen LogP contribution >= 0.6 is 0 Å². The van der Waals surface area contributed by atoms with E-state index in [1.165, 1.54) is 11.3 Å². The smallest absolute Gasteiger partial charge is 0.325 e. The molecule has 3 rings (SSSR count). The summed E-state index contributed by atoms with van der Waals surface area (Å²) in [6, 6.07) is -0.305. The Morgan fingerprint density at radius 1 is 1.10 bits per heavy atom. The van der Waals surface area contributed by atoms with E-state index in [0.717, 1.165) is 38.5 Å². The van der Waals surface area contributed by atoms with Gasteiger partial charge in [-0.25, -0.2) is 4.79 Å². The van der Waals surface area contributed by atoms with Crippen LogP contribution in [-0.2, 0) is 9.53 Å². The van der Waals surface area contributed by atoms with E-state index >= 15 is 0 Å². The molecule has 0 bridgehead atoms. The molecule has 2 saturated heterocycles. The minimum absolute atomic E-state index is 0.0585. The molecule has 0 aromatic carbocycles. The number of hydrogen-bond acceptors (Lipinski definition) is 4. The molecule has 3 amide bonds. The van der Waals surface area contributed by atoms with Crippen molar-refractivity contribution < 1.29 is 19.4 Å². The Morgan fingerprint density at radius 3 is 2.24 bits per heavy atom. The van der Waals surface area contributed by atoms with Gasteiger partial charge in [-0.2, -0.15) is 0 Å². The molecule has 0 radical (unpaired) electrons. The summed E-state index contributed by atoms with van der Waals surface area (Å²) in [6.07, 6.45) is 6.89. The number of aliphatic hydroxyl groups excluding tert-OH is 1. The zero-order valence-corrected chi connectivity index (χ0v) is 12.4. The van der Waals surface area contributed by atoms with E-state index < -0.39 is 11.0 Å². The van der Waals surface area contributed by atoms with Crippen molar-refractivity contribution in [2.45, 2.75) is 50.5 Å². The molecule has 2 heterocycles. The van der Waals surface area contributed by atoms with E-state index in [1.54, 1.807) is 0 Å². The molecule has 3 aliphatic rings. The van der Waals surface area contributed by atoms with Crippen LogP contribution in [0.5, 0.6) is 0 Å². The lowest BCUT2D eigenvalue weighted by Crippen LogP contribution is -2.55. The summed E-state index contributed by atoms with van der Waals surface area (Å²) < 4.78 is 5.15. The van der Waals surface area contributed by atoms with Gasteiger partial charge < -0.3 is 15.2 Å². The lowest BCUT2D eigenvalue weighted by atomic mass is 9.83. The molecular weight excluding hydrogens is 272 g/mol. The Hall–Kier alpha value is -1.14. The molecule has 0 aromatic rings. The van der Waals surface area contributed by atoms with Gasteiger partial charge >= 0.3 is 6.03 Å². The zero-order valence-electron chi connectivity index (χ0n) is 12.4. The van der Waals surface area contributed by atoms with Gasteiger partial charge in [0.05, 0.1) is 25.2 Å². The summed E-state index contributed by atoms with van der Waals surface area (Å²) >= 11 is 0. The summed E-state index contributed by atoms with van der Waals surface area (Å²) in [4.78, 5) is 26.4. The summed E-state index contributed by atoms with van der Waals surface area (Å²) in [5.41, 5.74) is -1.15. The van der Waals surface area contributed by atoms with E-state index in [9.17, 15) is 14.7 Å². The van der Waals surface area contributed by atoms with Gasteiger partial charge in [0, 0.05) is 6.54 Å². The van der Waals surface area contributed by atoms with Crippen LogP contribution in [0.1, 0.15) is 44.9 Å². The van der Waals surface area contributed by atoms with E-state index in [4.69, 9.17) is 4.74 Å². The van der Waals surface area contributed by atoms with Crippen LogP contribution in [0.3, 0.4) is 0 Å². The summed E-state index contributed by atoms with van der Waals surface area (Å²) in [7, 11) is 0. The summed E-state index contributed by atoms with van der Waals surface area (Å²) in [5, 5.41) is 12.5. The van der Waals surface area contributed by atoms with E-state index in [2.05, 4.69) is 5.32 Å². The molecule has 0 aromatic heterocycles. The molecule has 6 heteroatoms. The van der Waals surface area contributed by atoms with Crippen molar-refractivity contribution in [3.63, 3.8) is 0 Å². The summed E-state index contributed by atoms with van der Waals surface area (Å²) in [5.74, 6) is -0.103. The first-order valence-electron chi connectivity index (χ1n) is 7.94. The van der Waals surface area contributed by atoms with Gasteiger partial charge in [-0.3, -0.25) is 9.69 Å². The third-order valence-electron chi connectivity index (χ3n) is 5.10. The third kappa shape index (κ3) is 2.55. The van der Waals surface area contributed by atoms with Crippen LogP contribution in [0.4, 0.5) is 4.79 Å². The van der Waals surface area contributed by atoms with E-state index in [1.807, 2.05) is 0 Å². The molecule has 1 saturated carbocycles. The third-order valence-corrected chi connectivity index (χ3v) is 5.10. The highest BCUT2D eigenvalue weighted by atomic mass is 16.5. The van der Waals surface area contributed by atoms with Crippen molar-refractivity contribution in [1.29, 1.82) is 0 Å². The molecule has 3 fully saturated rings. The van der Waals surface area contributed by atoms with Gasteiger partial charge in [-0.05, 0) is 12.8 Å². The lowest BCUT2D eigenvalue weighted by molar-refractivity contribution is -0.154. The molecule has 1 spiro atoms. The van der Waals surface area contributed by atoms with Crippen molar-refractivity contribution in [1.82, 2.24) is 10.2 Å². The molecule has 0 unspecified atom stereocenters. The van der Waals surface area contributed by atoms with Crippen LogP contribution in [-0.4, -0.2) is 53.8 Å². The van der Waals surface area contributed by atoms with Crippen molar-refractivity contribution in [3.8, 4) is 0 Å². The predicted molar refractivity (Wildman–Crippen MR) is 75.6 cm³/mol. The molecular formula is C15H24N2O4. The van der Waals surface area contributed by atoms with Crippen LogP contribution in [0.15, 0.2) is 0 Å². The van der Waals surface area contributed by atoms with Crippen LogP contribution < -0.4 is 5.32 Å². The SMILES string of the molecule is O=C1NC2(CCCCCCC2)C(=O)N1CC1(CO)COC1. The number of rotatable bonds is 3. The minimum Gasteiger partial charge on any atom is -0.396 e. The second kappa shape index (κ2) is 5.57. The second-order valence-electron chi connectivity index (χ2n) is 6.82. The molecule has 2 aliphatic heterocycles. The average Bonchev–Trinajstić information content (AvgIpc) is 2.63. The molecule has 6 nitrogen and oxygen atoms in total. The van der Waals surface area contributed by atoms with Crippen LogP contribution in [0, 0.1) is 5.41 Å². The Labute approximate surface area is 124 Å². The number of nitrogens with zero attached hydrogens (tertiary/aromatic N) is 1. The number of hydrogen-bond donors (Lipinski definition) is 2. The van der Waals surface area contributed by atoms with Crippen LogP contribution in [0.2, 0.25) is 0 Å². The van der Waals surface area contributed by atoms with E-state index in [-0.39, 0.29) is 25.1 Å². The minimum atomic E-state index is -0.696. The first-order chi connectivity index (χ1) is 10.1. The van der Waals surface area contributed by atoms with Crippen molar-refractivity contribution in [2.75, 3.05) is 26.4 Å².